The van der Waals surface area contributed by atoms with Crippen molar-refractivity contribution in [3.8, 4) is 0 Å². The highest BCUT2D eigenvalue weighted by molar-refractivity contribution is 6.30. The highest BCUT2D eigenvalue weighted by atomic mass is 35.5. The molecular formula is C16H15Cl2N. The Hall–Kier alpha value is -1.31. The third-order valence-electron chi connectivity index (χ3n) is 3.00. The fraction of sp³-hybridized carbons (Fsp3) is 0.188. The number of hydrogen-bond donors (Lipinski definition) is 0. The van der Waals surface area contributed by atoms with E-state index in [1.807, 2.05) is 55.5 Å². The largest absolute Gasteiger partial charge is 0.282 e. The van der Waals surface area contributed by atoms with Crippen LogP contribution in [0.1, 0.15) is 31.0 Å². The van der Waals surface area contributed by atoms with Crippen LogP contribution in [0.2, 0.25) is 10.0 Å². The number of aliphatic imine (C=N–C) groups is 1. The van der Waals surface area contributed by atoms with Crippen LogP contribution in [0.4, 0.5) is 0 Å². The Labute approximate surface area is 123 Å². The van der Waals surface area contributed by atoms with Gasteiger partial charge in [0.1, 0.15) is 0 Å². The van der Waals surface area contributed by atoms with Crippen molar-refractivity contribution < 1.29 is 0 Å². The van der Waals surface area contributed by atoms with E-state index in [4.69, 9.17) is 28.2 Å². The predicted molar refractivity (Wildman–Crippen MR) is 83.5 cm³/mol. The van der Waals surface area contributed by atoms with Gasteiger partial charge in [0.05, 0.1) is 6.04 Å². The molecule has 0 aliphatic carbocycles. The van der Waals surface area contributed by atoms with Crippen LogP contribution >= 0.6 is 23.2 Å². The van der Waals surface area contributed by atoms with Crippen LogP contribution < -0.4 is 0 Å². The summed E-state index contributed by atoms with van der Waals surface area (Å²) >= 11 is 11.8. The molecule has 98 valence electrons. The van der Waals surface area contributed by atoms with Crippen molar-refractivity contribution in [3.63, 3.8) is 0 Å². The molecular weight excluding hydrogens is 277 g/mol. The Morgan fingerprint density at radius 3 is 1.89 bits per heavy atom. The highest BCUT2D eigenvalue weighted by Crippen LogP contribution is 2.20. The Morgan fingerprint density at radius 2 is 1.37 bits per heavy atom. The second-order valence-electron chi connectivity index (χ2n) is 4.45. The molecule has 0 unspecified atom stereocenters. The molecule has 2 aromatic rings. The van der Waals surface area contributed by atoms with Gasteiger partial charge in [0.2, 0.25) is 0 Å². The maximum absolute atomic E-state index is 5.88. The fourth-order valence-electron chi connectivity index (χ4n) is 1.87. The summed E-state index contributed by atoms with van der Waals surface area (Å²) in [5.74, 6) is 0. The van der Waals surface area contributed by atoms with E-state index in [-0.39, 0.29) is 6.04 Å². The van der Waals surface area contributed by atoms with Gasteiger partial charge in [0.25, 0.3) is 0 Å². The van der Waals surface area contributed by atoms with Crippen LogP contribution in [-0.2, 0) is 0 Å². The number of benzene rings is 2. The van der Waals surface area contributed by atoms with Gasteiger partial charge in [0.15, 0.2) is 0 Å². The van der Waals surface area contributed by atoms with Crippen LogP contribution in [0.5, 0.6) is 0 Å². The molecule has 0 bridgehead atoms. The smallest absolute Gasteiger partial charge is 0.0724 e. The minimum Gasteiger partial charge on any atom is -0.282 e. The first kappa shape index (κ1) is 14.1. The summed E-state index contributed by atoms with van der Waals surface area (Å²) in [6, 6.07) is 15.6. The van der Waals surface area contributed by atoms with E-state index in [0.29, 0.717) is 0 Å². The first-order chi connectivity index (χ1) is 9.06. The van der Waals surface area contributed by atoms with Crippen molar-refractivity contribution in [2.24, 2.45) is 4.99 Å². The van der Waals surface area contributed by atoms with Crippen molar-refractivity contribution in [1.29, 1.82) is 0 Å². The lowest BCUT2D eigenvalue weighted by Crippen LogP contribution is -1.98. The number of rotatable bonds is 3. The van der Waals surface area contributed by atoms with Crippen molar-refractivity contribution in [1.82, 2.24) is 0 Å². The first-order valence-corrected chi connectivity index (χ1v) is 6.87. The van der Waals surface area contributed by atoms with Gasteiger partial charge in [0, 0.05) is 15.8 Å². The molecule has 19 heavy (non-hydrogen) atoms. The third-order valence-corrected chi connectivity index (χ3v) is 3.51. The Morgan fingerprint density at radius 1 is 0.895 bits per heavy atom. The molecule has 2 rings (SSSR count). The van der Waals surface area contributed by atoms with Crippen LogP contribution in [0.15, 0.2) is 53.5 Å². The van der Waals surface area contributed by atoms with Crippen molar-refractivity contribution in [3.05, 3.63) is 69.7 Å². The zero-order valence-electron chi connectivity index (χ0n) is 10.9. The molecule has 0 saturated heterocycles. The molecule has 0 fully saturated rings. The van der Waals surface area contributed by atoms with Gasteiger partial charge in [-0.15, -0.1) is 0 Å². The molecule has 0 spiro atoms. The summed E-state index contributed by atoms with van der Waals surface area (Å²) in [7, 11) is 0. The summed E-state index contributed by atoms with van der Waals surface area (Å²) in [4.78, 5) is 4.71. The van der Waals surface area contributed by atoms with Gasteiger partial charge in [-0.2, -0.15) is 0 Å². The monoisotopic (exact) mass is 291 g/mol. The molecule has 0 radical (unpaired) electrons. The van der Waals surface area contributed by atoms with Gasteiger partial charge in [-0.05, 0) is 49.2 Å². The zero-order valence-corrected chi connectivity index (χ0v) is 12.4. The zero-order chi connectivity index (χ0) is 13.8. The summed E-state index contributed by atoms with van der Waals surface area (Å²) in [5, 5.41) is 1.48. The van der Waals surface area contributed by atoms with Gasteiger partial charge < -0.3 is 0 Å². The minimum absolute atomic E-state index is 0.105. The van der Waals surface area contributed by atoms with E-state index < -0.39 is 0 Å². The van der Waals surface area contributed by atoms with E-state index in [9.17, 15) is 0 Å². The normalized spacial score (nSPS) is 13.4. The van der Waals surface area contributed by atoms with Crippen LogP contribution in [0.3, 0.4) is 0 Å². The van der Waals surface area contributed by atoms with E-state index in [0.717, 1.165) is 26.9 Å². The predicted octanol–water partition coefficient (Wildman–Crippen LogP) is 5.56. The maximum Gasteiger partial charge on any atom is 0.0724 e. The maximum atomic E-state index is 5.88. The molecule has 0 heterocycles. The second-order valence-corrected chi connectivity index (χ2v) is 5.32. The molecule has 0 amide bonds. The standard InChI is InChI=1S/C16H15Cl2N/c1-11(13-3-7-15(17)8-4-13)19-12(2)14-5-9-16(18)10-6-14/h3-11H,1-2H3/b19-12-/t11-/m0/s1. The molecule has 0 aliphatic heterocycles. The summed E-state index contributed by atoms with van der Waals surface area (Å²) < 4.78 is 0. The molecule has 3 heteroatoms. The molecule has 2 aromatic carbocycles. The van der Waals surface area contributed by atoms with Crippen LogP contribution in [-0.4, -0.2) is 5.71 Å². The van der Waals surface area contributed by atoms with E-state index >= 15 is 0 Å². The van der Waals surface area contributed by atoms with Gasteiger partial charge in [-0.3, -0.25) is 4.99 Å². The van der Waals surface area contributed by atoms with E-state index in [1.54, 1.807) is 0 Å². The quantitative estimate of drug-likeness (QED) is 0.656. The van der Waals surface area contributed by atoms with Crippen LogP contribution in [0.25, 0.3) is 0 Å². The lowest BCUT2D eigenvalue weighted by molar-refractivity contribution is 0.820. The van der Waals surface area contributed by atoms with Gasteiger partial charge in [-0.1, -0.05) is 47.5 Å². The highest BCUT2D eigenvalue weighted by Gasteiger charge is 2.05. The lowest BCUT2D eigenvalue weighted by atomic mass is 10.1. The van der Waals surface area contributed by atoms with Gasteiger partial charge >= 0.3 is 0 Å². The van der Waals surface area contributed by atoms with E-state index in [1.165, 1.54) is 0 Å². The van der Waals surface area contributed by atoms with Crippen molar-refractivity contribution in [2.75, 3.05) is 0 Å². The average molecular weight is 292 g/mol. The second kappa shape index (κ2) is 6.23. The first-order valence-electron chi connectivity index (χ1n) is 6.12. The fourth-order valence-corrected chi connectivity index (χ4v) is 2.12. The van der Waals surface area contributed by atoms with Crippen molar-refractivity contribution in [2.45, 2.75) is 19.9 Å². The molecule has 0 aliphatic rings. The Balaban J connectivity index is 2.20. The third kappa shape index (κ3) is 3.82. The Bertz CT molecular complexity index is 571. The number of nitrogens with zero attached hydrogens (tertiary/aromatic N) is 1. The summed E-state index contributed by atoms with van der Waals surface area (Å²) in [6.45, 7) is 4.08. The molecule has 0 saturated carbocycles. The topological polar surface area (TPSA) is 12.4 Å². The number of hydrogen-bond acceptors (Lipinski definition) is 1. The summed E-state index contributed by atoms with van der Waals surface area (Å²) in [6.07, 6.45) is 0. The Kier molecular flexibility index (Phi) is 4.62. The summed E-state index contributed by atoms with van der Waals surface area (Å²) in [5.41, 5.74) is 3.24. The minimum atomic E-state index is 0.105. The number of halogens is 2. The molecule has 1 nitrogen and oxygen atoms in total. The average Bonchev–Trinajstić information content (AvgIpc) is 2.40. The molecule has 0 N–H and O–H groups in total. The van der Waals surface area contributed by atoms with E-state index in [2.05, 4.69) is 6.92 Å². The SMILES string of the molecule is C/C(=N/[C@@H](C)c1ccc(Cl)cc1)c1ccc(Cl)cc1. The van der Waals surface area contributed by atoms with Crippen molar-refractivity contribution >= 4 is 28.9 Å². The van der Waals surface area contributed by atoms with Crippen LogP contribution in [0, 0.1) is 0 Å². The molecule has 1 atom stereocenters. The molecule has 0 aromatic heterocycles. The van der Waals surface area contributed by atoms with Gasteiger partial charge in [-0.25, -0.2) is 0 Å². The lowest BCUT2D eigenvalue weighted by Gasteiger charge is -2.09.